The molecular weight excluding hydrogens is 264 g/mol. The summed E-state index contributed by atoms with van der Waals surface area (Å²) in [6, 6.07) is 10.2. The van der Waals surface area contributed by atoms with Crippen LogP contribution in [-0.2, 0) is 12.6 Å². The number of hydrogen-bond donors (Lipinski definition) is 2. The van der Waals surface area contributed by atoms with Crippen molar-refractivity contribution in [3.8, 4) is 0 Å². The second-order valence-corrected chi connectivity index (χ2v) is 5.68. The summed E-state index contributed by atoms with van der Waals surface area (Å²) in [6.07, 6.45) is 5.69. The maximum absolute atomic E-state index is 12.6. The fourth-order valence-electron chi connectivity index (χ4n) is 3.13. The molecule has 1 saturated carbocycles. The van der Waals surface area contributed by atoms with Crippen LogP contribution in [0.5, 0.6) is 0 Å². The first kappa shape index (κ1) is 13.7. The van der Waals surface area contributed by atoms with Crippen molar-refractivity contribution in [2.45, 2.75) is 31.2 Å². The van der Waals surface area contributed by atoms with Crippen LogP contribution in [0, 0.1) is 0 Å². The molecule has 5 heteroatoms. The van der Waals surface area contributed by atoms with Crippen LogP contribution in [0.1, 0.15) is 41.6 Å². The molecule has 1 aromatic heterocycles. The molecule has 1 amide bonds. The van der Waals surface area contributed by atoms with Gasteiger partial charge in [-0.05, 0) is 18.4 Å². The fourth-order valence-corrected chi connectivity index (χ4v) is 3.13. The van der Waals surface area contributed by atoms with E-state index in [0.29, 0.717) is 11.4 Å². The van der Waals surface area contributed by atoms with Crippen LogP contribution in [0.3, 0.4) is 0 Å². The third-order valence-electron chi connectivity index (χ3n) is 4.37. The Bertz CT molecular complexity index is 642. The predicted octanol–water partition coefficient (Wildman–Crippen LogP) is 2.20. The number of carbonyl (C=O) groups is 1. The van der Waals surface area contributed by atoms with E-state index < -0.39 is 0 Å². The van der Waals surface area contributed by atoms with Crippen LogP contribution >= 0.6 is 0 Å². The maximum Gasteiger partial charge on any atom is 0.257 e. The average Bonchev–Trinajstić information content (AvgIpc) is 3.09. The number of nitrogens with one attached hydrogen (secondary N) is 1. The van der Waals surface area contributed by atoms with Gasteiger partial charge in [0.05, 0.1) is 11.7 Å². The smallest absolute Gasteiger partial charge is 0.257 e. The number of benzene rings is 1. The summed E-state index contributed by atoms with van der Waals surface area (Å²) < 4.78 is 1.51. The molecule has 1 fully saturated rings. The Labute approximate surface area is 124 Å². The van der Waals surface area contributed by atoms with Crippen LogP contribution in [-0.4, -0.2) is 15.7 Å². The molecule has 0 spiro atoms. The first-order valence-corrected chi connectivity index (χ1v) is 7.28. The van der Waals surface area contributed by atoms with E-state index in [2.05, 4.69) is 22.5 Å². The molecule has 5 nitrogen and oxygen atoms in total. The molecule has 0 radical (unpaired) electrons. The van der Waals surface area contributed by atoms with Crippen molar-refractivity contribution in [3.05, 3.63) is 47.7 Å². The lowest BCUT2D eigenvalue weighted by Gasteiger charge is -2.31. The van der Waals surface area contributed by atoms with Gasteiger partial charge >= 0.3 is 0 Å². The van der Waals surface area contributed by atoms with Crippen molar-refractivity contribution in [3.63, 3.8) is 0 Å². The lowest BCUT2D eigenvalue weighted by molar-refractivity contribution is 0.0899. The van der Waals surface area contributed by atoms with Crippen molar-refractivity contribution in [1.82, 2.24) is 15.1 Å². The molecule has 1 aliphatic carbocycles. The van der Waals surface area contributed by atoms with Gasteiger partial charge in [0.15, 0.2) is 0 Å². The minimum Gasteiger partial charge on any atom is -0.383 e. The third kappa shape index (κ3) is 2.39. The maximum atomic E-state index is 12.6. The second kappa shape index (κ2) is 5.24. The normalized spacial score (nSPS) is 16.8. The Hall–Kier alpha value is -2.30. The highest BCUT2D eigenvalue weighted by molar-refractivity contribution is 5.98. The van der Waals surface area contributed by atoms with Gasteiger partial charge in [0.2, 0.25) is 0 Å². The number of rotatable bonds is 3. The van der Waals surface area contributed by atoms with Crippen LogP contribution < -0.4 is 11.1 Å². The van der Waals surface area contributed by atoms with E-state index in [-0.39, 0.29) is 11.4 Å². The van der Waals surface area contributed by atoms with E-state index >= 15 is 0 Å². The minimum absolute atomic E-state index is 0.147. The number of aromatic nitrogens is 2. The summed E-state index contributed by atoms with van der Waals surface area (Å²) in [5.41, 5.74) is 7.23. The van der Waals surface area contributed by atoms with Crippen molar-refractivity contribution >= 4 is 11.7 Å². The zero-order valence-corrected chi connectivity index (χ0v) is 12.2. The number of nitrogens with two attached hydrogens (primary N) is 1. The summed E-state index contributed by atoms with van der Waals surface area (Å²) in [5.74, 6) is 0.250. The number of hydrogen-bond acceptors (Lipinski definition) is 3. The Balaban J connectivity index is 1.90. The number of anilines is 1. The summed E-state index contributed by atoms with van der Waals surface area (Å²) >= 11 is 0. The zero-order valence-electron chi connectivity index (χ0n) is 12.2. The molecule has 3 rings (SSSR count). The molecule has 3 N–H and O–H groups in total. The molecule has 2 aromatic rings. The van der Waals surface area contributed by atoms with Crippen molar-refractivity contribution in [1.29, 1.82) is 0 Å². The summed E-state index contributed by atoms with van der Waals surface area (Å²) in [5, 5.41) is 7.24. The molecular formula is C16H20N4O. The van der Waals surface area contributed by atoms with E-state index in [9.17, 15) is 4.79 Å². The molecule has 1 heterocycles. The molecule has 0 unspecified atom stereocenters. The molecule has 0 atom stereocenters. The first-order valence-electron chi connectivity index (χ1n) is 7.28. The number of nitrogens with zero attached hydrogens (tertiary/aromatic N) is 2. The van der Waals surface area contributed by atoms with E-state index in [1.807, 2.05) is 18.2 Å². The SMILES string of the molecule is Cn1ncc(C(=O)NC2(c3ccccc3)CCCC2)c1N. The fraction of sp³-hybridized carbons (Fsp3) is 0.375. The largest absolute Gasteiger partial charge is 0.383 e. The highest BCUT2D eigenvalue weighted by Crippen LogP contribution is 2.39. The highest BCUT2D eigenvalue weighted by Gasteiger charge is 2.37. The van der Waals surface area contributed by atoms with E-state index in [1.54, 1.807) is 7.05 Å². The van der Waals surface area contributed by atoms with Gasteiger partial charge in [-0.15, -0.1) is 0 Å². The Morgan fingerprint density at radius 1 is 1.29 bits per heavy atom. The minimum atomic E-state index is -0.277. The summed E-state index contributed by atoms with van der Waals surface area (Å²) in [7, 11) is 1.73. The third-order valence-corrected chi connectivity index (χ3v) is 4.37. The standard InChI is InChI=1S/C16H20N4O/c1-20-14(17)13(11-18-20)15(21)19-16(9-5-6-10-16)12-7-3-2-4-8-12/h2-4,7-8,11H,5-6,9-10,17H2,1H3,(H,19,21). The Kier molecular flexibility index (Phi) is 3.41. The molecule has 0 bridgehead atoms. The molecule has 21 heavy (non-hydrogen) atoms. The van der Waals surface area contributed by atoms with E-state index in [4.69, 9.17) is 5.73 Å². The van der Waals surface area contributed by atoms with Gasteiger partial charge in [0.1, 0.15) is 11.4 Å². The van der Waals surface area contributed by atoms with Gasteiger partial charge in [0, 0.05) is 7.05 Å². The lowest BCUT2D eigenvalue weighted by Crippen LogP contribution is -2.43. The number of nitrogen functional groups attached to an aromatic ring is 1. The first-order chi connectivity index (χ1) is 10.1. The van der Waals surface area contributed by atoms with Crippen molar-refractivity contribution in [2.24, 2.45) is 7.05 Å². The average molecular weight is 284 g/mol. The van der Waals surface area contributed by atoms with Gasteiger partial charge in [-0.3, -0.25) is 9.48 Å². The lowest BCUT2D eigenvalue weighted by atomic mass is 9.88. The predicted molar refractivity (Wildman–Crippen MR) is 81.7 cm³/mol. The monoisotopic (exact) mass is 284 g/mol. The highest BCUT2D eigenvalue weighted by atomic mass is 16.1. The Morgan fingerprint density at radius 3 is 2.52 bits per heavy atom. The van der Waals surface area contributed by atoms with Gasteiger partial charge in [0.25, 0.3) is 5.91 Å². The molecule has 110 valence electrons. The van der Waals surface area contributed by atoms with E-state index in [0.717, 1.165) is 25.7 Å². The van der Waals surface area contributed by atoms with Gasteiger partial charge in [-0.2, -0.15) is 5.10 Å². The van der Waals surface area contributed by atoms with Crippen molar-refractivity contribution in [2.75, 3.05) is 5.73 Å². The number of aryl methyl sites for hydroxylation is 1. The van der Waals surface area contributed by atoms with Crippen LogP contribution in [0.2, 0.25) is 0 Å². The van der Waals surface area contributed by atoms with Gasteiger partial charge < -0.3 is 11.1 Å². The topological polar surface area (TPSA) is 72.9 Å². The van der Waals surface area contributed by atoms with Gasteiger partial charge in [-0.25, -0.2) is 0 Å². The zero-order chi connectivity index (χ0) is 14.9. The number of amides is 1. The quantitative estimate of drug-likeness (QED) is 0.907. The van der Waals surface area contributed by atoms with Crippen LogP contribution in [0.4, 0.5) is 5.82 Å². The molecule has 0 aliphatic heterocycles. The van der Waals surface area contributed by atoms with E-state index in [1.165, 1.54) is 16.4 Å². The van der Waals surface area contributed by atoms with Crippen LogP contribution in [0.15, 0.2) is 36.5 Å². The molecule has 0 saturated heterocycles. The molecule has 1 aromatic carbocycles. The van der Waals surface area contributed by atoms with Gasteiger partial charge in [-0.1, -0.05) is 43.2 Å². The van der Waals surface area contributed by atoms with Crippen LogP contribution in [0.25, 0.3) is 0 Å². The van der Waals surface area contributed by atoms with Crippen molar-refractivity contribution < 1.29 is 4.79 Å². The number of carbonyl (C=O) groups excluding carboxylic acids is 1. The molecule has 1 aliphatic rings. The second-order valence-electron chi connectivity index (χ2n) is 5.68. The summed E-state index contributed by atoms with van der Waals surface area (Å²) in [4.78, 5) is 12.6. The Morgan fingerprint density at radius 2 is 1.95 bits per heavy atom. The summed E-state index contributed by atoms with van der Waals surface area (Å²) in [6.45, 7) is 0.